The van der Waals surface area contributed by atoms with E-state index in [4.69, 9.17) is 9.47 Å². The van der Waals surface area contributed by atoms with E-state index in [1.807, 2.05) is 0 Å². The van der Waals surface area contributed by atoms with Gasteiger partial charge in [-0.15, -0.1) is 0 Å². The number of quaternary nitrogens is 1. The molecule has 11 nitrogen and oxygen atoms in total. The third kappa shape index (κ3) is 14.7. The van der Waals surface area contributed by atoms with E-state index in [9.17, 15) is 29.1 Å². The van der Waals surface area contributed by atoms with Crippen LogP contribution in [0, 0.1) is 0 Å². The second-order valence-electron chi connectivity index (χ2n) is 10.6. The SMILES string of the molecule is [NH3+][C@H](CCCCNC(=O)/C=C/C(=O)N[C@@H](CCC(=O)OC1CCCCC1)C(=O)OC1CCCCC1)CC(=O)[O-]. The molecule has 2 fully saturated rings. The summed E-state index contributed by atoms with van der Waals surface area (Å²) >= 11 is 0. The minimum atomic E-state index is -1.13. The van der Waals surface area contributed by atoms with Crippen LogP contribution in [0.4, 0.5) is 0 Å². The number of aliphatic carboxylic acids is 1. The highest BCUT2D eigenvalue weighted by atomic mass is 16.5. The Hall–Kier alpha value is -2.95. The van der Waals surface area contributed by atoms with E-state index >= 15 is 0 Å². The Labute approximate surface area is 230 Å². The third-order valence-corrected chi connectivity index (χ3v) is 7.10. The number of hydrogen-bond donors (Lipinski definition) is 3. The van der Waals surface area contributed by atoms with Crippen LogP contribution in [-0.4, -0.2) is 60.6 Å². The number of nitrogens with one attached hydrogen (secondary N) is 2. The number of carboxylic acids is 1. The van der Waals surface area contributed by atoms with E-state index in [0.717, 1.165) is 76.4 Å². The lowest BCUT2D eigenvalue weighted by Crippen LogP contribution is -2.62. The van der Waals surface area contributed by atoms with Crippen molar-refractivity contribution in [3.63, 3.8) is 0 Å². The Morgan fingerprint density at radius 3 is 2.03 bits per heavy atom. The standard InChI is InChI=1S/C28H45N3O8/c29-20(19-26(34)35)9-7-8-18-30-24(32)15-16-25(33)31-23(28(37)39-22-12-5-2-6-13-22)14-17-27(36)38-21-10-3-1-4-11-21/h15-16,20-23H,1-14,17-19,29H2,(H,30,32)(H,31,33)(H,34,35)/b16-15+/t20-,23+/m1/s1. The number of carbonyl (C=O) groups is 5. The highest BCUT2D eigenvalue weighted by molar-refractivity contribution is 5.98. The van der Waals surface area contributed by atoms with E-state index in [-0.39, 0.29) is 37.5 Å². The molecule has 0 heterocycles. The maximum Gasteiger partial charge on any atom is 0.328 e. The number of carboxylic acid groups (broad SMARTS) is 1. The Morgan fingerprint density at radius 2 is 1.41 bits per heavy atom. The summed E-state index contributed by atoms with van der Waals surface area (Å²) in [4.78, 5) is 60.3. The van der Waals surface area contributed by atoms with Crippen molar-refractivity contribution in [2.45, 2.75) is 127 Å². The molecular weight excluding hydrogens is 506 g/mol. The molecule has 0 aliphatic heterocycles. The van der Waals surface area contributed by atoms with Crippen molar-refractivity contribution < 1.29 is 44.3 Å². The van der Waals surface area contributed by atoms with Gasteiger partial charge in [-0.05, 0) is 77.0 Å². The van der Waals surface area contributed by atoms with Gasteiger partial charge in [-0.1, -0.05) is 12.8 Å². The van der Waals surface area contributed by atoms with Crippen LogP contribution in [-0.2, 0) is 33.4 Å². The maximum absolute atomic E-state index is 12.9. The number of rotatable bonds is 16. The zero-order chi connectivity index (χ0) is 28.5. The number of amides is 2. The van der Waals surface area contributed by atoms with Crippen molar-refractivity contribution in [2.24, 2.45) is 0 Å². The minimum Gasteiger partial charge on any atom is -0.550 e. The van der Waals surface area contributed by atoms with Crippen molar-refractivity contribution in [3.8, 4) is 0 Å². The number of unbranched alkanes of at least 4 members (excludes halogenated alkanes) is 1. The van der Waals surface area contributed by atoms with Gasteiger partial charge in [0.15, 0.2) is 0 Å². The third-order valence-electron chi connectivity index (χ3n) is 7.10. The van der Waals surface area contributed by atoms with Crippen molar-refractivity contribution in [2.75, 3.05) is 6.54 Å². The van der Waals surface area contributed by atoms with Gasteiger partial charge in [-0.25, -0.2) is 4.79 Å². The summed E-state index contributed by atoms with van der Waals surface area (Å²) in [6, 6.07) is -1.26. The first-order valence-corrected chi connectivity index (χ1v) is 14.4. The Morgan fingerprint density at radius 1 is 0.821 bits per heavy atom. The van der Waals surface area contributed by atoms with Gasteiger partial charge in [0.2, 0.25) is 11.8 Å². The summed E-state index contributed by atoms with van der Waals surface area (Å²) in [5.41, 5.74) is 3.75. The molecule has 5 N–H and O–H groups in total. The topological polar surface area (TPSA) is 179 Å². The second-order valence-corrected chi connectivity index (χ2v) is 10.6. The van der Waals surface area contributed by atoms with Crippen LogP contribution in [0.3, 0.4) is 0 Å². The predicted octanol–water partition coefficient (Wildman–Crippen LogP) is 0.596. The van der Waals surface area contributed by atoms with Crippen LogP contribution < -0.4 is 21.5 Å². The summed E-state index contributed by atoms with van der Waals surface area (Å²) in [6.07, 6.45) is 13.2. The first kappa shape index (κ1) is 32.3. The monoisotopic (exact) mass is 551 g/mol. The molecule has 0 unspecified atom stereocenters. The Bertz CT molecular complexity index is 835. The molecule has 0 bridgehead atoms. The molecule has 0 radical (unpaired) electrons. The average Bonchev–Trinajstić information content (AvgIpc) is 2.90. The molecule has 0 aromatic carbocycles. The minimum absolute atomic E-state index is 0.0253. The number of ether oxygens (including phenoxy) is 2. The number of esters is 2. The molecular formula is C28H45N3O8. The number of carbonyl (C=O) groups excluding carboxylic acids is 5. The van der Waals surface area contributed by atoms with Crippen LogP contribution in [0.25, 0.3) is 0 Å². The molecule has 2 amide bonds. The summed E-state index contributed by atoms with van der Waals surface area (Å²) < 4.78 is 11.2. The quantitative estimate of drug-likeness (QED) is 0.142. The first-order valence-electron chi connectivity index (χ1n) is 14.4. The van der Waals surface area contributed by atoms with Crippen molar-refractivity contribution in [3.05, 3.63) is 12.2 Å². The Kier molecular flexibility index (Phi) is 15.2. The molecule has 0 saturated heterocycles. The van der Waals surface area contributed by atoms with E-state index in [2.05, 4.69) is 16.4 Å². The van der Waals surface area contributed by atoms with Gasteiger partial charge in [0.05, 0.1) is 6.04 Å². The lowest BCUT2D eigenvalue weighted by Gasteiger charge is -2.25. The lowest BCUT2D eigenvalue weighted by atomic mass is 9.97. The average molecular weight is 552 g/mol. The van der Waals surface area contributed by atoms with E-state index < -0.39 is 35.8 Å². The van der Waals surface area contributed by atoms with Gasteiger partial charge in [-0.3, -0.25) is 14.4 Å². The molecule has 2 aliphatic rings. The summed E-state index contributed by atoms with van der Waals surface area (Å²) in [7, 11) is 0. The highest BCUT2D eigenvalue weighted by Gasteiger charge is 2.27. The van der Waals surface area contributed by atoms with Gasteiger partial charge in [0.25, 0.3) is 0 Å². The highest BCUT2D eigenvalue weighted by Crippen LogP contribution is 2.22. The summed E-state index contributed by atoms with van der Waals surface area (Å²) in [5.74, 6) is -3.22. The fourth-order valence-electron chi connectivity index (χ4n) is 4.91. The van der Waals surface area contributed by atoms with E-state index in [1.54, 1.807) is 0 Å². The van der Waals surface area contributed by atoms with Crippen molar-refractivity contribution in [1.29, 1.82) is 0 Å². The molecule has 2 aliphatic carbocycles. The van der Waals surface area contributed by atoms with Gasteiger partial charge in [0, 0.05) is 37.5 Å². The fourth-order valence-corrected chi connectivity index (χ4v) is 4.91. The molecule has 0 spiro atoms. The smallest absolute Gasteiger partial charge is 0.328 e. The molecule has 0 aromatic heterocycles. The summed E-state index contributed by atoms with van der Waals surface area (Å²) in [6.45, 7) is 0.363. The first-order chi connectivity index (χ1) is 18.7. The molecule has 11 heteroatoms. The zero-order valence-corrected chi connectivity index (χ0v) is 23.0. The number of hydrogen-bond acceptors (Lipinski definition) is 8. The summed E-state index contributed by atoms with van der Waals surface area (Å²) in [5, 5.41) is 15.8. The van der Waals surface area contributed by atoms with Crippen LogP contribution in [0.15, 0.2) is 12.2 Å². The van der Waals surface area contributed by atoms with E-state index in [1.165, 1.54) is 0 Å². The van der Waals surface area contributed by atoms with Crippen LogP contribution in [0.1, 0.15) is 103 Å². The van der Waals surface area contributed by atoms with E-state index in [0.29, 0.717) is 25.8 Å². The van der Waals surface area contributed by atoms with Gasteiger partial charge in [0.1, 0.15) is 18.2 Å². The van der Waals surface area contributed by atoms with Crippen LogP contribution in [0.2, 0.25) is 0 Å². The maximum atomic E-state index is 12.9. The van der Waals surface area contributed by atoms with Crippen molar-refractivity contribution in [1.82, 2.24) is 10.6 Å². The van der Waals surface area contributed by atoms with Crippen LogP contribution >= 0.6 is 0 Å². The van der Waals surface area contributed by atoms with Crippen LogP contribution in [0.5, 0.6) is 0 Å². The fraction of sp³-hybridized carbons (Fsp3) is 0.750. The second kappa shape index (κ2) is 18.4. The Balaban J connectivity index is 1.79. The molecule has 2 rings (SSSR count). The predicted molar refractivity (Wildman–Crippen MR) is 139 cm³/mol. The lowest BCUT2D eigenvalue weighted by molar-refractivity contribution is -0.425. The van der Waals surface area contributed by atoms with Crippen molar-refractivity contribution >= 4 is 29.7 Å². The normalized spacial score (nSPS) is 18.2. The van der Waals surface area contributed by atoms with Gasteiger partial charge in [-0.2, -0.15) is 0 Å². The largest absolute Gasteiger partial charge is 0.550 e. The zero-order valence-electron chi connectivity index (χ0n) is 23.0. The molecule has 2 saturated carbocycles. The molecule has 2 atom stereocenters. The van der Waals surface area contributed by atoms with Gasteiger partial charge < -0.3 is 35.7 Å². The molecule has 220 valence electrons. The molecule has 39 heavy (non-hydrogen) atoms. The molecule has 0 aromatic rings. The van der Waals surface area contributed by atoms with Gasteiger partial charge >= 0.3 is 11.9 Å².